The molecule has 138 valence electrons. The number of benzene rings is 2. The van der Waals surface area contributed by atoms with Gasteiger partial charge in [0.2, 0.25) is 5.16 Å². The van der Waals surface area contributed by atoms with Crippen LogP contribution < -0.4 is 20.3 Å². The number of anilines is 1. The number of H-pyrrole nitrogens is 1. The summed E-state index contributed by atoms with van der Waals surface area (Å²) in [5, 5.41) is 18.7. The fourth-order valence-electron chi connectivity index (χ4n) is 3.11. The van der Waals surface area contributed by atoms with E-state index in [0.717, 1.165) is 21.3 Å². The Balaban J connectivity index is 1.96. The molecule has 0 saturated heterocycles. The number of aromatic amines is 1. The number of thioether (sulfide) groups is 1. The van der Waals surface area contributed by atoms with Crippen LogP contribution in [0, 0.1) is 0 Å². The number of rotatable bonds is 3. The van der Waals surface area contributed by atoms with Crippen molar-refractivity contribution in [3.63, 3.8) is 0 Å². The highest BCUT2D eigenvalue weighted by Crippen LogP contribution is 2.35. The van der Waals surface area contributed by atoms with Crippen molar-refractivity contribution in [2.24, 2.45) is 0 Å². The van der Waals surface area contributed by atoms with E-state index in [1.165, 1.54) is 18.9 Å². The normalized spacial score (nSPS) is 14.9. The molecule has 0 amide bonds. The molecule has 1 aromatic heterocycles. The molecule has 1 aliphatic heterocycles. The number of hydrogen-bond acceptors (Lipinski definition) is 6. The van der Waals surface area contributed by atoms with Gasteiger partial charge < -0.3 is 15.2 Å². The molecule has 1 atom stereocenters. The van der Waals surface area contributed by atoms with Crippen LogP contribution in [0.2, 0.25) is 0 Å². The van der Waals surface area contributed by atoms with Crippen LogP contribution in [0.25, 0.3) is 11.3 Å². The third kappa shape index (κ3) is 3.06. The predicted molar refractivity (Wildman–Crippen MR) is 106 cm³/mol. The molecule has 0 unspecified atom stereocenters. The van der Waals surface area contributed by atoms with E-state index >= 15 is 0 Å². The molecule has 0 aliphatic carbocycles. The van der Waals surface area contributed by atoms with Crippen molar-refractivity contribution in [3.8, 4) is 22.8 Å². The number of nitrogens with zero attached hydrogens (tertiary/aromatic N) is 2. The molecule has 2 aromatic carbocycles. The maximum atomic E-state index is 12.8. The minimum absolute atomic E-state index is 0.0236. The first-order chi connectivity index (χ1) is 13.0. The van der Waals surface area contributed by atoms with E-state index in [9.17, 15) is 9.90 Å². The molecule has 0 fully saturated rings. The molecule has 4 rings (SSSR count). The summed E-state index contributed by atoms with van der Waals surface area (Å²) in [7, 11) is 1.50. The number of nitrogens with one attached hydrogen (secondary N) is 2. The maximum Gasteiger partial charge on any atom is 0.325 e. The van der Waals surface area contributed by atoms with Crippen LogP contribution in [0.4, 0.5) is 5.69 Å². The molecule has 0 radical (unpaired) electrons. The highest BCUT2D eigenvalue weighted by molar-refractivity contribution is 9.10. The van der Waals surface area contributed by atoms with Gasteiger partial charge in [-0.1, -0.05) is 27.7 Å². The predicted octanol–water partition coefficient (Wildman–Crippen LogP) is 2.90. The summed E-state index contributed by atoms with van der Waals surface area (Å²) in [6.07, 6.45) is 1.39. The van der Waals surface area contributed by atoms with Gasteiger partial charge in [-0.25, -0.2) is 0 Å². The van der Waals surface area contributed by atoms with E-state index in [0.29, 0.717) is 16.6 Å². The summed E-state index contributed by atoms with van der Waals surface area (Å²) in [4.78, 5) is 15.6. The number of fused-ring (bicyclic) bond motifs is 3. The van der Waals surface area contributed by atoms with Gasteiger partial charge in [0.25, 0.3) is 6.17 Å². The van der Waals surface area contributed by atoms with Crippen LogP contribution in [0.15, 0.2) is 50.8 Å². The molecule has 9 heteroatoms. The highest BCUT2D eigenvalue weighted by atomic mass is 79.9. The van der Waals surface area contributed by atoms with Crippen molar-refractivity contribution in [2.75, 3.05) is 18.7 Å². The SMILES string of the molecule is COc1ccc([C@H]2Nc3ccc(Br)cc3-c3c(=O)[nH]c(SC)n[n+]32)cc1O. The number of aromatic hydroxyl groups is 1. The Morgan fingerprint density at radius 1 is 1.30 bits per heavy atom. The first-order valence-electron chi connectivity index (χ1n) is 8.05. The van der Waals surface area contributed by atoms with Crippen molar-refractivity contribution >= 4 is 33.4 Å². The quantitative estimate of drug-likeness (QED) is 0.422. The molecule has 0 saturated carbocycles. The second kappa shape index (κ2) is 6.90. The number of methoxy groups -OCH3 is 1. The minimum atomic E-state index is -0.460. The standard InChI is InChI=1S/C18H15BrN4O3S/c1-26-14-6-3-9(7-13(14)24)16-20-12-5-4-10(19)8-11(12)15-17(25)21-18(27-2)22-23(15)16/h3-8,16H,1-2H3,(H2,21,22,24,25)/p+1/t16-/m0/s1. The third-order valence-corrected chi connectivity index (χ3v) is 5.41. The van der Waals surface area contributed by atoms with E-state index in [-0.39, 0.29) is 11.3 Å². The maximum absolute atomic E-state index is 12.8. The minimum Gasteiger partial charge on any atom is -0.504 e. The van der Waals surface area contributed by atoms with Crippen molar-refractivity contribution in [2.45, 2.75) is 11.3 Å². The lowest BCUT2D eigenvalue weighted by Gasteiger charge is -2.22. The molecule has 0 spiro atoms. The van der Waals surface area contributed by atoms with Gasteiger partial charge in [0.15, 0.2) is 11.5 Å². The average Bonchev–Trinajstić information content (AvgIpc) is 2.66. The molecule has 3 aromatic rings. The lowest BCUT2D eigenvalue weighted by Crippen LogP contribution is -2.55. The first kappa shape index (κ1) is 17.9. The Morgan fingerprint density at radius 3 is 2.81 bits per heavy atom. The fourth-order valence-corrected chi connectivity index (χ4v) is 3.83. The van der Waals surface area contributed by atoms with Crippen molar-refractivity contribution in [3.05, 3.63) is 56.8 Å². The van der Waals surface area contributed by atoms with Crippen molar-refractivity contribution < 1.29 is 14.5 Å². The monoisotopic (exact) mass is 447 g/mol. The highest BCUT2D eigenvalue weighted by Gasteiger charge is 2.38. The first-order valence-corrected chi connectivity index (χ1v) is 10.1. The second-order valence-electron chi connectivity index (χ2n) is 5.92. The molecular weight excluding hydrogens is 432 g/mol. The summed E-state index contributed by atoms with van der Waals surface area (Å²) in [5.41, 5.74) is 2.53. The van der Waals surface area contributed by atoms with Crippen molar-refractivity contribution in [1.82, 2.24) is 10.1 Å². The number of hydrogen-bond donors (Lipinski definition) is 3. The van der Waals surface area contributed by atoms with E-state index < -0.39 is 6.17 Å². The largest absolute Gasteiger partial charge is 0.504 e. The van der Waals surface area contributed by atoms with E-state index in [2.05, 4.69) is 31.3 Å². The topological polar surface area (TPSA) is 91.1 Å². The number of phenolic OH excluding ortho intramolecular Hbond substituents is 1. The number of ether oxygens (including phenoxy) is 1. The molecule has 7 nitrogen and oxygen atoms in total. The Labute approximate surface area is 167 Å². The van der Waals surface area contributed by atoms with Gasteiger partial charge in [0.05, 0.1) is 18.4 Å². The Morgan fingerprint density at radius 2 is 2.11 bits per heavy atom. The van der Waals surface area contributed by atoms with Gasteiger partial charge >= 0.3 is 11.3 Å². The molecule has 0 bridgehead atoms. The van der Waals surface area contributed by atoms with Crippen LogP contribution in [0.3, 0.4) is 0 Å². The molecule has 3 N–H and O–H groups in total. The zero-order valence-electron chi connectivity index (χ0n) is 14.5. The summed E-state index contributed by atoms with van der Waals surface area (Å²) in [5.74, 6) is 0.406. The van der Waals surface area contributed by atoms with Crippen LogP contribution in [0.1, 0.15) is 11.7 Å². The van der Waals surface area contributed by atoms with Crippen LogP contribution in [-0.4, -0.2) is 28.6 Å². The Hall–Kier alpha value is -2.52. The summed E-state index contributed by atoms with van der Waals surface area (Å²) in [6, 6.07) is 10.8. The average molecular weight is 448 g/mol. The number of phenols is 1. The molecule has 1 aliphatic rings. The lowest BCUT2D eigenvalue weighted by atomic mass is 10.0. The van der Waals surface area contributed by atoms with Crippen molar-refractivity contribution in [1.29, 1.82) is 0 Å². The third-order valence-electron chi connectivity index (χ3n) is 4.35. The Kier molecular flexibility index (Phi) is 4.56. The Bertz CT molecular complexity index is 1100. The zero-order valence-corrected chi connectivity index (χ0v) is 16.9. The number of halogens is 1. The summed E-state index contributed by atoms with van der Waals surface area (Å²) < 4.78 is 7.64. The van der Waals surface area contributed by atoms with Gasteiger partial charge in [-0.15, -0.1) is 0 Å². The van der Waals surface area contributed by atoms with E-state index in [1.807, 2.05) is 30.5 Å². The van der Waals surface area contributed by atoms with E-state index in [1.54, 1.807) is 16.8 Å². The van der Waals surface area contributed by atoms with Crippen LogP contribution >= 0.6 is 27.7 Å². The summed E-state index contributed by atoms with van der Waals surface area (Å²) >= 11 is 4.81. The van der Waals surface area contributed by atoms with Gasteiger partial charge in [0.1, 0.15) is 0 Å². The van der Waals surface area contributed by atoms with Gasteiger partial charge in [-0.2, -0.15) is 0 Å². The van der Waals surface area contributed by atoms with Gasteiger partial charge in [0, 0.05) is 15.1 Å². The van der Waals surface area contributed by atoms with E-state index in [4.69, 9.17) is 4.74 Å². The lowest BCUT2D eigenvalue weighted by molar-refractivity contribution is -0.759. The fraction of sp³-hybridized carbons (Fsp3) is 0.167. The molecule has 2 heterocycles. The zero-order chi connectivity index (χ0) is 19.1. The molecular formula is C18H16BrN4O3S+. The van der Waals surface area contributed by atoms with Crippen LogP contribution in [0.5, 0.6) is 11.5 Å². The summed E-state index contributed by atoms with van der Waals surface area (Å²) in [6.45, 7) is 0. The second-order valence-corrected chi connectivity index (χ2v) is 7.64. The van der Waals surface area contributed by atoms with Gasteiger partial charge in [-0.3, -0.25) is 9.78 Å². The number of aromatic nitrogens is 3. The van der Waals surface area contributed by atoms with Crippen LogP contribution in [-0.2, 0) is 0 Å². The smallest absolute Gasteiger partial charge is 0.325 e. The molecule has 27 heavy (non-hydrogen) atoms. The van der Waals surface area contributed by atoms with Gasteiger partial charge in [-0.05, 0) is 47.3 Å².